The van der Waals surface area contributed by atoms with Crippen LogP contribution in [0.25, 0.3) is 0 Å². The van der Waals surface area contributed by atoms with Crippen LogP contribution in [0.15, 0.2) is 66.2 Å². The molecule has 0 aliphatic carbocycles. The first-order valence-corrected chi connectivity index (χ1v) is 12.3. The molecule has 0 radical (unpaired) electrons. The van der Waals surface area contributed by atoms with Gasteiger partial charge in [0, 0.05) is 42.9 Å². The van der Waals surface area contributed by atoms with Gasteiger partial charge in [-0.15, -0.1) is 0 Å². The van der Waals surface area contributed by atoms with Crippen LogP contribution in [-0.2, 0) is 20.8 Å². The van der Waals surface area contributed by atoms with Crippen LogP contribution in [0.2, 0.25) is 0 Å². The Balaban J connectivity index is 1.81. The first kappa shape index (κ1) is 27.6. The van der Waals surface area contributed by atoms with Crippen LogP contribution in [0.1, 0.15) is 42.1 Å². The number of carboxylic acids is 2. The third-order valence-corrected chi connectivity index (χ3v) is 6.68. The van der Waals surface area contributed by atoms with E-state index in [4.69, 9.17) is 0 Å². The fraction of sp³-hybridized carbons (Fsp3) is 0.357. The average molecular weight is 508 g/mol. The van der Waals surface area contributed by atoms with Gasteiger partial charge in [-0.2, -0.15) is 0 Å². The molecule has 1 aliphatic rings. The number of rotatable bonds is 10. The Labute approximate surface area is 216 Å². The Morgan fingerprint density at radius 2 is 1.73 bits per heavy atom. The van der Waals surface area contributed by atoms with Gasteiger partial charge >= 0.3 is 11.9 Å². The second kappa shape index (κ2) is 12.8. The number of hydrogen-bond acceptors (Lipinski definition) is 5. The zero-order chi connectivity index (χ0) is 26.9. The number of nitrogens with one attached hydrogen (secondary N) is 1. The minimum Gasteiger partial charge on any atom is -0.478 e. The van der Waals surface area contributed by atoms with Crippen LogP contribution < -0.4 is 5.32 Å². The van der Waals surface area contributed by atoms with Gasteiger partial charge in [-0.3, -0.25) is 9.59 Å². The van der Waals surface area contributed by atoms with Crippen molar-refractivity contribution in [3.8, 4) is 0 Å². The molecular formula is C28H33N3O6. The number of carbonyl (C=O) groups excluding carboxylic acids is 2. The van der Waals surface area contributed by atoms with E-state index >= 15 is 0 Å². The standard InChI is InChI=1S/C28H33N3O6/c1-3-25(32)29-21-11-9-20(10-12-21)27(35)31-16-14-22(17-24(31)23(28(36)37)18-26(33)34)30(2)15-13-19-7-5-4-6-8-19/h4-12,18,22,24H,3,13-17H2,1-2H3,(H,29,32)(H,33,34)(H,36,37)/b23-18-. The van der Waals surface area contributed by atoms with Crippen molar-refractivity contribution < 1.29 is 29.4 Å². The summed E-state index contributed by atoms with van der Waals surface area (Å²) in [7, 11) is 1.97. The predicted molar refractivity (Wildman–Crippen MR) is 139 cm³/mol. The highest BCUT2D eigenvalue weighted by molar-refractivity contribution is 5.99. The quantitative estimate of drug-likeness (QED) is 0.421. The number of likely N-dealkylation sites (tertiary alicyclic amines) is 1. The molecule has 2 aromatic carbocycles. The minimum absolute atomic E-state index is 0.0269. The molecule has 2 unspecified atom stereocenters. The summed E-state index contributed by atoms with van der Waals surface area (Å²) in [6.45, 7) is 2.76. The number of aliphatic carboxylic acids is 2. The van der Waals surface area contributed by atoms with Crippen molar-refractivity contribution in [1.82, 2.24) is 9.80 Å². The van der Waals surface area contributed by atoms with Gasteiger partial charge in [0.2, 0.25) is 5.91 Å². The number of nitrogens with zero attached hydrogens (tertiary/aromatic N) is 2. The Kier molecular flexibility index (Phi) is 9.57. The maximum Gasteiger partial charge on any atom is 0.333 e. The zero-order valence-electron chi connectivity index (χ0n) is 21.1. The average Bonchev–Trinajstić information content (AvgIpc) is 2.90. The number of carbonyl (C=O) groups is 4. The van der Waals surface area contributed by atoms with E-state index in [2.05, 4.69) is 22.3 Å². The van der Waals surface area contributed by atoms with Crippen molar-refractivity contribution in [3.63, 3.8) is 0 Å². The highest BCUT2D eigenvalue weighted by atomic mass is 16.4. The molecule has 1 saturated heterocycles. The summed E-state index contributed by atoms with van der Waals surface area (Å²) in [5.74, 6) is -3.28. The van der Waals surface area contributed by atoms with Crippen LogP contribution >= 0.6 is 0 Å². The Morgan fingerprint density at radius 1 is 1.05 bits per heavy atom. The maximum atomic E-state index is 13.5. The number of carboxylic acid groups (broad SMARTS) is 2. The topological polar surface area (TPSA) is 127 Å². The number of benzene rings is 2. The summed E-state index contributed by atoms with van der Waals surface area (Å²) in [6.07, 6.45) is 2.75. The Morgan fingerprint density at radius 3 is 2.32 bits per heavy atom. The molecule has 3 N–H and O–H groups in total. The maximum absolute atomic E-state index is 13.5. The molecule has 37 heavy (non-hydrogen) atoms. The number of piperidine rings is 1. The smallest absolute Gasteiger partial charge is 0.333 e. The molecule has 1 aliphatic heterocycles. The molecule has 2 aromatic rings. The molecule has 9 heteroatoms. The molecule has 3 rings (SSSR count). The molecule has 1 fully saturated rings. The fourth-order valence-corrected chi connectivity index (χ4v) is 4.56. The third kappa shape index (κ3) is 7.50. The fourth-order valence-electron chi connectivity index (χ4n) is 4.56. The highest BCUT2D eigenvalue weighted by Gasteiger charge is 2.38. The van der Waals surface area contributed by atoms with Gasteiger partial charge in [0.05, 0.1) is 11.6 Å². The van der Waals surface area contributed by atoms with E-state index in [9.17, 15) is 29.4 Å². The number of anilines is 1. The lowest BCUT2D eigenvalue weighted by molar-refractivity contribution is -0.135. The monoisotopic (exact) mass is 507 g/mol. The van der Waals surface area contributed by atoms with E-state index in [1.807, 2.05) is 25.2 Å². The van der Waals surface area contributed by atoms with Crippen molar-refractivity contribution in [2.75, 3.05) is 25.5 Å². The van der Waals surface area contributed by atoms with Crippen molar-refractivity contribution in [1.29, 1.82) is 0 Å². The van der Waals surface area contributed by atoms with Crippen molar-refractivity contribution in [2.45, 2.75) is 44.7 Å². The molecule has 196 valence electrons. The van der Waals surface area contributed by atoms with Crippen molar-refractivity contribution >= 4 is 29.4 Å². The molecule has 2 amide bonds. The number of hydrogen-bond donors (Lipinski definition) is 3. The lowest BCUT2D eigenvalue weighted by Gasteiger charge is -2.42. The Bertz CT molecular complexity index is 1150. The summed E-state index contributed by atoms with van der Waals surface area (Å²) in [4.78, 5) is 52.2. The zero-order valence-corrected chi connectivity index (χ0v) is 21.1. The van der Waals surface area contributed by atoms with E-state index in [0.717, 1.165) is 13.0 Å². The van der Waals surface area contributed by atoms with Gasteiger partial charge in [0.25, 0.3) is 5.91 Å². The van der Waals surface area contributed by atoms with Crippen LogP contribution in [-0.4, -0.2) is 76.0 Å². The van der Waals surface area contributed by atoms with E-state index < -0.39 is 18.0 Å². The summed E-state index contributed by atoms with van der Waals surface area (Å²) in [5.41, 5.74) is 1.74. The first-order chi connectivity index (χ1) is 17.7. The Hall–Kier alpha value is -3.98. The molecule has 1 heterocycles. The van der Waals surface area contributed by atoms with Gasteiger partial charge in [-0.05, 0) is 56.1 Å². The van der Waals surface area contributed by atoms with E-state index in [1.165, 1.54) is 10.5 Å². The normalized spacial score (nSPS) is 17.9. The molecular weight excluding hydrogens is 474 g/mol. The van der Waals surface area contributed by atoms with Gasteiger partial charge in [-0.25, -0.2) is 9.59 Å². The summed E-state index contributed by atoms with van der Waals surface area (Å²) >= 11 is 0. The van der Waals surface area contributed by atoms with Gasteiger partial charge in [0.1, 0.15) is 0 Å². The minimum atomic E-state index is -1.37. The van der Waals surface area contributed by atoms with E-state index in [1.54, 1.807) is 31.2 Å². The molecule has 0 aromatic heterocycles. The second-order valence-corrected chi connectivity index (χ2v) is 9.13. The third-order valence-electron chi connectivity index (χ3n) is 6.68. The van der Waals surface area contributed by atoms with Crippen molar-refractivity contribution in [3.05, 3.63) is 77.4 Å². The highest BCUT2D eigenvalue weighted by Crippen LogP contribution is 2.28. The summed E-state index contributed by atoms with van der Waals surface area (Å²) in [5, 5.41) is 21.9. The molecule has 0 bridgehead atoms. The first-order valence-electron chi connectivity index (χ1n) is 12.3. The summed E-state index contributed by atoms with van der Waals surface area (Å²) < 4.78 is 0. The van der Waals surface area contributed by atoms with Crippen LogP contribution in [0.5, 0.6) is 0 Å². The molecule has 0 saturated carbocycles. The second-order valence-electron chi connectivity index (χ2n) is 9.13. The lowest BCUT2D eigenvalue weighted by Crippen LogP contribution is -2.53. The van der Waals surface area contributed by atoms with Crippen LogP contribution in [0.3, 0.4) is 0 Å². The lowest BCUT2D eigenvalue weighted by atomic mass is 9.89. The predicted octanol–water partition coefficient (Wildman–Crippen LogP) is 3.28. The molecule has 0 spiro atoms. The van der Waals surface area contributed by atoms with Crippen molar-refractivity contribution in [2.24, 2.45) is 0 Å². The van der Waals surface area contributed by atoms with Gasteiger partial charge in [-0.1, -0.05) is 37.3 Å². The number of likely N-dealkylation sites (N-methyl/N-ethyl adjacent to an activating group) is 1. The SMILES string of the molecule is CCC(=O)Nc1ccc(C(=O)N2CCC(N(C)CCc3ccccc3)CC2/C(=C/C(=O)O)C(=O)O)cc1. The van der Waals surface area contributed by atoms with Gasteiger partial charge in [0.15, 0.2) is 0 Å². The molecule has 2 atom stereocenters. The van der Waals surface area contributed by atoms with Crippen LogP contribution in [0, 0.1) is 0 Å². The van der Waals surface area contributed by atoms with E-state index in [0.29, 0.717) is 36.6 Å². The van der Waals surface area contributed by atoms with Gasteiger partial charge < -0.3 is 25.3 Å². The van der Waals surface area contributed by atoms with Crippen LogP contribution in [0.4, 0.5) is 5.69 Å². The largest absolute Gasteiger partial charge is 0.478 e. The summed E-state index contributed by atoms with van der Waals surface area (Å²) in [6, 6.07) is 15.5. The molecule has 9 nitrogen and oxygen atoms in total. The van der Waals surface area contributed by atoms with E-state index in [-0.39, 0.29) is 30.0 Å². The number of amides is 2.